The summed E-state index contributed by atoms with van der Waals surface area (Å²) in [5.41, 5.74) is 0. The van der Waals surface area contributed by atoms with Gasteiger partial charge >= 0.3 is 0 Å². The molecule has 0 amide bonds. The van der Waals surface area contributed by atoms with Crippen molar-refractivity contribution in [1.82, 2.24) is 0 Å². The average Bonchev–Trinajstić information content (AvgIpc) is 2.11. The molecule has 0 aliphatic heterocycles. The van der Waals surface area contributed by atoms with Crippen LogP contribution >= 0.6 is 37.0 Å². The van der Waals surface area contributed by atoms with E-state index in [1.165, 1.54) is 25.7 Å². The molecule has 80 valence electrons. The Balaban J connectivity index is 3.35. The first-order valence-electron chi connectivity index (χ1n) is 5.08. The molecule has 0 aromatic heterocycles. The molecule has 0 nitrogen and oxygen atoms in total. The lowest BCUT2D eigenvalue weighted by Gasteiger charge is -2.16. The summed E-state index contributed by atoms with van der Waals surface area (Å²) in [6.45, 7) is 4.65. The van der Waals surface area contributed by atoms with Crippen LogP contribution in [0.25, 0.3) is 0 Å². The average molecular weight is 238 g/mol. The first-order chi connectivity index (χ1) is 6.20. The second kappa shape index (κ2) is 9.60. The van der Waals surface area contributed by atoms with E-state index in [-0.39, 0.29) is 0 Å². The highest BCUT2D eigenvalue weighted by molar-refractivity contribution is 8.00. The van der Waals surface area contributed by atoms with Crippen molar-refractivity contribution in [1.29, 1.82) is 0 Å². The smallest absolute Gasteiger partial charge is 0.00216 e. The van der Waals surface area contributed by atoms with Crippen molar-refractivity contribution < 1.29 is 0 Å². The lowest BCUT2D eigenvalue weighted by molar-refractivity contribution is 0.763. The molecule has 0 fully saturated rings. The fourth-order valence-corrected chi connectivity index (χ4v) is 3.05. The van der Waals surface area contributed by atoms with Crippen LogP contribution in [0.4, 0.5) is 0 Å². The van der Waals surface area contributed by atoms with Crippen LogP contribution in [-0.2, 0) is 0 Å². The SMILES string of the molecule is CC(CCCS)SC(C)CCCS. The van der Waals surface area contributed by atoms with Crippen molar-refractivity contribution in [3.63, 3.8) is 0 Å². The zero-order valence-corrected chi connectivity index (χ0v) is 11.3. The molecule has 0 aromatic carbocycles. The van der Waals surface area contributed by atoms with Gasteiger partial charge in [0.15, 0.2) is 0 Å². The van der Waals surface area contributed by atoms with Crippen LogP contribution < -0.4 is 0 Å². The molecule has 0 saturated heterocycles. The molecule has 0 aliphatic carbocycles. The van der Waals surface area contributed by atoms with Crippen LogP contribution in [0.3, 0.4) is 0 Å². The second-order valence-electron chi connectivity index (χ2n) is 3.49. The highest BCUT2D eigenvalue weighted by atomic mass is 32.2. The van der Waals surface area contributed by atoms with Crippen LogP contribution in [0.15, 0.2) is 0 Å². The quantitative estimate of drug-likeness (QED) is 0.605. The topological polar surface area (TPSA) is 0 Å². The molecule has 0 N–H and O–H groups in total. The predicted molar refractivity (Wildman–Crippen MR) is 72.7 cm³/mol. The summed E-state index contributed by atoms with van der Waals surface area (Å²) in [4.78, 5) is 0. The third kappa shape index (κ3) is 9.36. The summed E-state index contributed by atoms with van der Waals surface area (Å²) in [5, 5.41) is 1.59. The van der Waals surface area contributed by atoms with Crippen molar-refractivity contribution in [2.24, 2.45) is 0 Å². The third-order valence-electron chi connectivity index (χ3n) is 2.00. The molecule has 0 bridgehead atoms. The summed E-state index contributed by atoms with van der Waals surface area (Å²) >= 11 is 10.6. The van der Waals surface area contributed by atoms with E-state index in [9.17, 15) is 0 Å². The van der Waals surface area contributed by atoms with Crippen molar-refractivity contribution >= 4 is 37.0 Å². The molecule has 0 spiro atoms. The minimum Gasteiger partial charge on any atom is -0.179 e. The van der Waals surface area contributed by atoms with Crippen molar-refractivity contribution in [2.45, 2.75) is 50.0 Å². The molecule has 13 heavy (non-hydrogen) atoms. The van der Waals surface area contributed by atoms with Crippen LogP contribution in [0, 0.1) is 0 Å². The van der Waals surface area contributed by atoms with Gasteiger partial charge < -0.3 is 0 Å². The fourth-order valence-electron chi connectivity index (χ4n) is 1.29. The maximum Gasteiger partial charge on any atom is 0.00216 e. The highest BCUT2D eigenvalue weighted by Gasteiger charge is 2.07. The zero-order chi connectivity index (χ0) is 10.1. The standard InChI is InChI=1S/C10H22S3/c1-9(5-3-7-11)13-10(2)6-4-8-12/h9-12H,3-8H2,1-2H3. The van der Waals surface area contributed by atoms with Crippen LogP contribution in [0.1, 0.15) is 39.5 Å². The number of rotatable bonds is 8. The van der Waals surface area contributed by atoms with Gasteiger partial charge in [-0.1, -0.05) is 13.8 Å². The summed E-state index contributed by atoms with van der Waals surface area (Å²) in [6, 6.07) is 0. The molecule has 2 atom stereocenters. The third-order valence-corrected chi connectivity index (χ3v) is 4.04. The molecule has 0 aliphatic rings. The lowest BCUT2D eigenvalue weighted by Crippen LogP contribution is -2.05. The minimum atomic E-state index is 0.794. The zero-order valence-electron chi connectivity index (χ0n) is 8.70. The fraction of sp³-hybridized carbons (Fsp3) is 1.00. The van der Waals surface area contributed by atoms with E-state index >= 15 is 0 Å². The number of hydrogen-bond acceptors (Lipinski definition) is 3. The minimum absolute atomic E-state index is 0.794. The maximum atomic E-state index is 4.22. The predicted octanol–water partition coefficient (Wildman–Crippen LogP) is 3.92. The molecule has 0 rings (SSSR count). The van der Waals surface area contributed by atoms with E-state index in [1.807, 2.05) is 0 Å². The lowest BCUT2D eigenvalue weighted by atomic mass is 10.3. The Kier molecular flexibility index (Phi) is 10.4. The van der Waals surface area contributed by atoms with E-state index in [0.717, 1.165) is 22.0 Å². The van der Waals surface area contributed by atoms with Crippen LogP contribution in [0.2, 0.25) is 0 Å². The Morgan fingerprint density at radius 1 is 0.923 bits per heavy atom. The van der Waals surface area contributed by atoms with Gasteiger partial charge in [-0.05, 0) is 37.2 Å². The van der Waals surface area contributed by atoms with Crippen LogP contribution in [-0.4, -0.2) is 22.0 Å². The summed E-state index contributed by atoms with van der Waals surface area (Å²) in [7, 11) is 0. The van der Waals surface area contributed by atoms with Gasteiger partial charge in [-0.25, -0.2) is 0 Å². The normalized spacial score (nSPS) is 15.7. The Morgan fingerprint density at radius 2 is 1.31 bits per heavy atom. The van der Waals surface area contributed by atoms with Gasteiger partial charge in [0.2, 0.25) is 0 Å². The molecular weight excluding hydrogens is 216 g/mol. The van der Waals surface area contributed by atoms with E-state index in [1.54, 1.807) is 0 Å². The van der Waals surface area contributed by atoms with E-state index in [0.29, 0.717) is 0 Å². The monoisotopic (exact) mass is 238 g/mol. The van der Waals surface area contributed by atoms with Crippen molar-refractivity contribution in [3.05, 3.63) is 0 Å². The summed E-state index contributed by atoms with van der Waals surface area (Å²) < 4.78 is 0. The first kappa shape index (κ1) is 14.1. The largest absolute Gasteiger partial charge is 0.179 e. The number of hydrogen-bond donors (Lipinski definition) is 2. The Hall–Kier alpha value is 1.05. The molecule has 0 aromatic rings. The molecule has 0 saturated carbocycles. The van der Waals surface area contributed by atoms with E-state index in [2.05, 4.69) is 50.9 Å². The van der Waals surface area contributed by atoms with Crippen molar-refractivity contribution in [3.8, 4) is 0 Å². The van der Waals surface area contributed by atoms with Gasteiger partial charge in [0.25, 0.3) is 0 Å². The second-order valence-corrected chi connectivity index (χ2v) is 6.27. The number of thioether (sulfide) groups is 1. The first-order valence-corrected chi connectivity index (χ1v) is 7.28. The molecule has 2 unspecified atom stereocenters. The van der Waals surface area contributed by atoms with Gasteiger partial charge in [-0.3, -0.25) is 0 Å². The Morgan fingerprint density at radius 3 is 1.62 bits per heavy atom. The van der Waals surface area contributed by atoms with E-state index < -0.39 is 0 Å². The number of thiol groups is 2. The Labute approximate surface area is 98.5 Å². The van der Waals surface area contributed by atoms with Gasteiger partial charge in [0, 0.05) is 10.5 Å². The maximum absolute atomic E-state index is 4.22. The van der Waals surface area contributed by atoms with Gasteiger partial charge in [-0.15, -0.1) is 0 Å². The summed E-state index contributed by atoms with van der Waals surface area (Å²) in [6.07, 6.45) is 5.10. The van der Waals surface area contributed by atoms with Gasteiger partial charge in [0.1, 0.15) is 0 Å². The molecular formula is C10H22S3. The Bertz CT molecular complexity index is 94.3. The molecule has 0 radical (unpaired) electrons. The molecule has 3 heteroatoms. The molecule has 0 heterocycles. The highest BCUT2D eigenvalue weighted by Crippen LogP contribution is 2.24. The van der Waals surface area contributed by atoms with Gasteiger partial charge in [0.05, 0.1) is 0 Å². The van der Waals surface area contributed by atoms with Crippen molar-refractivity contribution in [2.75, 3.05) is 11.5 Å². The summed E-state index contributed by atoms with van der Waals surface area (Å²) in [5.74, 6) is 2.05. The van der Waals surface area contributed by atoms with Crippen LogP contribution in [0.5, 0.6) is 0 Å². The van der Waals surface area contributed by atoms with Gasteiger partial charge in [-0.2, -0.15) is 37.0 Å². The van der Waals surface area contributed by atoms with E-state index in [4.69, 9.17) is 0 Å².